The lowest BCUT2D eigenvalue weighted by atomic mass is 10.2. The summed E-state index contributed by atoms with van der Waals surface area (Å²) in [5, 5.41) is 4.44. The third-order valence-electron chi connectivity index (χ3n) is 2.93. The highest BCUT2D eigenvalue weighted by atomic mass is 14.9. The number of benzene rings is 2. The molecule has 0 aliphatic rings. The monoisotopic (exact) mass is 238 g/mol. The normalized spacial score (nSPS) is 10.7. The van der Waals surface area contributed by atoms with Gasteiger partial charge in [0.25, 0.3) is 0 Å². The number of para-hydroxylation sites is 1. The summed E-state index contributed by atoms with van der Waals surface area (Å²) in [6.45, 7) is 0. The Kier molecular flexibility index (Phi) is 2.34. The minimum atomic E-state index is 0.639. The van der Waals surface area contributed by atoms with E-state index in [9.17, 15) is 0 Å². The van der Waals surface area contributed by atoms with E-state index in [2.05, 4.69) is 16.4 Å². The summed E-state index contributed by atoms with van der Waals surface area (Å²) in [7, 11) is 0. The fourth-order valence-corrected chi connectivity index (χ4v) is 2.02. The molecule has 6 N–H and O–H groups in total. The van der Waals surface area contributed by atoms with Crippen LogP contribution in [-0.4, -0.2) is 4.98 Å². The van der Waals surface area contributed by atoms with Crippen LogP contribution < -0.4 is 16.8 Å². The molecule has 0 aliphatic carbocycles. The molecule has 0 saturated heterocycles. The van der Waals surface area contributed by atoms with Crippen molar-refractivity contribution in [1.29, 1.82) is 0 Å². The molecule has 3 rings (SSSR count). The van der Waals surface area contributed by atoms with Crippen LogP contribution in [0.25, 0.3) is 10.9 Å². The zero-order valence-corrected chi connectivity index (χ0v) is 9.77. The summed E-state index contributed by atoms with van der Waals surface area (Å²) < 4.78 is 0. The van der Waals surface area contributed by atoms with Crippen LogP contribution >= 0.6 is 0 Å². The molecule has 0 spiro atoms. The second kappa shape index (κ2) is 4.00. The van der Waals surface area contributed by atoms with Crippen LogP contribution in [0.3, 0.4) is 0 Å². The van der Waals surface area contributed by atoms with Gasteiger partial charge in [-0.25, -0.2) is 0 Å². The van der Waals surface area contributed by atoms with Gasteiger partial charge < -0.3 is 21.8 Å². The van der Waals surface area contributed by atoms with Gasteiger partial charge in [-0.3, -0.25) is 0 Å². The number of fused-ring (bicyclic) bond motifs is 1. The van der Waals surface area contributed by atoms with Crippen molar-refractivity contribution in [3.8, 4) is 0 Å². The minimum absolute atomic E-state index is 0.639. The second-order valence-corrected chi connectivity index (χ2v) is 4.22. The van der Waals surface area contributed by atoms with Crippen LogP contribution in [0.15, 0.2) is 48.7 Å². The van der Waals surface area contributed by atoms with E-state index in [1.165, 1.54) is 0 Å². The summed E-state index contributed by atoms with van der Waals surface area (Å²) >= 11 is 0. The Balaban J connectivity index is 2.01. The molecule has 4 heteroatoms. The van der Waals surface area contributed by atoms with Gasteiger partial charge in [-0.2, -0.15) is 0 Å². The SMILES string of the molecule is Nc1ccc(Nc2c[nH]c3ccccc23)c(N)c1. The fourth-order valence-electron chi connectivity index (χ4n) is 2.02. The summed E-state index contributed by atoms with van der Waals surface area (Å²) in [4.78, 5) is 3.21. The molecule has 4 nitrogen and oxygen atoms in total. The minimum Gasteiger partial charge on any atom is -0.399 e. The lowest BCUT2D eigenvalue weighted by Crippen LogP contribution is -1.97. The third-order valence-corrected chi connectivity index (χ3v) is 2.93. The van der Waals surface area contributed by atoms with E-state index < -0.39 is 0 Å². The Bertz CT molecular complexity index is 700. The van der Waals surface area contributed by atoms with E-state index in [4.69, 9.17) is 11.5 Å². The number of hydrogen-bond acceptors (Lipinski definition) is 3. The highest BCUT2D eigenvalue weighted by Gasteiger charge is 2.05. The molecular formula is C14H14N4. The van der Waals surface area contributed by atoms with E-state index in [1.54, 1.807) is 6.07 Å². The van der Waals surface area contributed by atoms with E-state index in [0.29, 0.717) is 11.4 Å². The van der Waals surface area contributed by atoms with E-state index in [1.807, 2.05) is 36.5 Å². The largest absolute Gasteiger partial charge is 0.399 e. The molecule has 2 aromatic carbocycles. The number of anilines is 4. The Hall–Kier alpha value is -2.62. The van der Waals surface area contributed by atoms with Crippen molar-refractivity contribution in [2.45, 2.75) is 0 Å². The quantitative estimate of drug-likeness (QED) is 0.518. The van der Waals surface area contributed by atoms with Crippen molar-refractivity contribution < 1.29 is 0 Å². The Labute approximate surface area is 105 Å². The maximum atomic E-state index is 5.93. The predicted molar refractivity (Wildman–Crippen MR) is 76.8 cm³/mol. The molecule has 0 unspecified atom stereocenters. The van der Waals surface area contributed by atoms with Gasteiger partial charge in [0, 0.05) is 22.8 Å². The van der Waals surface area contributed by atoms with Gasteiger partial charge in [-0.15, -0.1) is 0 Å². The molecule has 0 saturated carbocycles. The van der Waals surface area contributed by atoms with Crippen molar-refractivity contribution in [2.75, 3.05) is 16.8 Å². The number of nitrogens with one attached hydrogen (secondary N) is 2. The zero-order chi connectivity index (χ0) is 12.5. The molecular weight excluding hydrogens is 224 g/mol. The van der Waals surface area contributed by atoms with E-state index >= 15 is 0 Å². The average Bonchev–Trinajstić information content (AvgIpc) is 2.76. The maximum Gasteiger partial charge on any atom is 0.0642 e. The summed E-state index contributed by atoms with van der Waals surface area (Å²) in [5.41, 5.74) is 15.9. The van der Waals surface area contributed by atoms with E-state index in [0.717, 1.165) is 22.3 Å². The Morgan fingerprint density at radius 3 is 2.61 bits per heavy atom. The standard InChI is InChI=1S/C14H14N4/c15-9-5-6-13(11(16)7-9)18-14-8-17-12-4-2-1-3-10(12)14/h1-8,17-18H,15-16H2. The van der Waals surface area contributed by atoms with Crippen LogP contribution in [0.5, 0.6) is 0 Å². The van der Waals surface area contributed by atoms with Crippen LogP contribution in [0, 0.1) is 0 Å². The molecule has 0 bridgehead atoms. The lowest BCUT2D eigenvalue weighted by Gasteiger charge is -2.08. The molecule has 90 valence electrons. The van der Waals surface area contributed by atoms with Crippen molar-refractivity contribution in [2.24, 2.45) is 0 Å². The van der Waals surface area contributed by atoms with Gasteiger partial charge in [0.1, 0.15) is 0 Å². The number of aromatic amines is 1. The van der Waals surface area contributed by atoms with Gasteiger partial charge in [0.05, 0.1) is 17.1 Å². The smallest absolute Gasteiger partial charge is 0.0642 e. The molecule has 1 aromatic heterocycles. The van der Waals surface area contributed by atoms with Crippen molar-refractivity contribution in [3.63, 3.8) is 0 Å². The van der Waals surface area contributed by atoms with Crippen LogP contribution in [-0.2, 0) is 0 Å². The third kappa shape index (κ3) is 1.73. The van der Waals surface area contributed by atoms with Gasteiger partial charge in [0.15, 0.2) is 0 Å². The number of nitrogens with two attached hydrogens (primary N) is 2. The van der Waals surface area contributed by atoms with Crippen molar-refractivity contribution in [1.82, 2.24) is 4.98 Å². The first-order chi connectivity index (χ1) is 8.74. The van der Waals surface area contributed by atoms with Gasteiger partial charge in [-0.1, -0.05) is 18.2 Å². The molecule has 0 radical (unpaired) electrons. The Morgan fingerprint density at radius 2 is 1.78 bits per heavy atom. The first-order valence-corrected chi connectivity index (χ1v) is 5.72. The number of hydrogen-bond donors (Lipinski definition) is 4. The van der Waals surface area contributed by atoms with Crippen LogP contribution in [0.4, 0.5) is 22.7 Å². The predicted octanol–water partition coefficient (Wildman–Crippen LogP) is 3.08. The zero-order valence-electron chi connectivity index (χ0n) is 9.77. The fraction of sp³-hybridized carbons (Fsp3) is 0. The number of rotatable bonds is 2. The topological polar surface area (TPSA) is 79.9 Å². The molecule has 0 atom stereocenters. The average molecular weight is 238 g/mol. The lowest BCUT2D eigenvalue weighted by molar-refractivity contribution is 1.46. The first kappa shape index (κ1) is 10.5. The highest BCUT2D eigenvalue weighted by molar-refractivity contribution is 5.95. The first-order valence-electron chi connectivity index (χ1n) is 5.72. The number of nitrogen functional groups attached to an aromatic ring is 2. The van der Waals surface area contributed by atoms with Gasteiger partial charge >= 0.3 is 0 Å². The molecule has 0 amide bonds. The molecule has 0 fully saturated rings. The molecule has 3 aromatic rings. The molecule has 18 heavy (non-hydrogen) atoms. The van der Waals surface area contributed by atoms with Crippen molar-refractivity contribution >= 4 is 33.7 Å². The van der Waals surface area contributed by atoms with Crippen molar-refractivity contribution in [3.05, 3.63) is 48.7 Å². The molecule has 1 heterocycles. The number of H-pyrrole nitrogens is 1. The summed E-state index contributed by atoms with van der Waals surface area (Å²) in [6.07, 6.45) is 1.93. The van der Waals surface area contributed by atoms with Gasteiger partial charge in [-0.05, 0) is 24.3 Å². The summed E-state index contributed by atoms with van der Waals surface area (Å²) in [6, 6.07) is 13.6. The van der Waals surface area contributed by atoms with Gasteiger partial charge in [0.2, 0.25) is 0 Å². The maximum absolute atomic E-state index is 5.93. The number of aromatic nitrogens is 1. The van der Waals surface area contributed by atoms with Crippen LogP contribution in [0.2, 0.25) is 0 Å². The second-order valence-electron chi connectivity index (χ2n) is 4.22. The van der Waals surface area contributed by atoms with Crippen LogP contribution in [0.1, 0.15) is 0 Å². The summed E-state index contributed by atoms with van der Waals surface area (Å²) in [5.74, 6) is 0. The van der Waals surface area contributed by atoms with E-state index in [-0.39, 0.29) is 0 Å². The molecule has 0 aliphatic heterocycles. The highest BCUT2D eigenvalue weighted by Crippen LogP contribution is 2.29. The Morgan fingerprint density at radius 1 is 0.944 bits per heavy atom.